The Bertz CT molecular complexity index is 3490. The van der Waals surface area contributed by atoms with E-state index < -0.39 is 0 Å². The third kappa shape index (κ3) is 6.58. The first-order valence-corrected chi connectivity index (χ1v) is 22.3. The van der Waals surface area contributed by atoms with Gasteiger partial charge in [0.15, 0.2) is 0 Å². The van der Waals surface area contributed by atoms with Crippen LogP contribution in [0.25, 0.3) is 92.2 Å². The summed E-state index contributed by atoms with van der Waals surface area (Å²) in [7, 11) is 0. The van der Waals surface area contributed by atoms with E-state index in [1.165, 1.54) is 92.2 Å². The molecule has 0 fully saturated rings. The Hall–Kier alpha value is -7.98. The van der Waals surface area contributed by atoms with E-state index in [2.05, 4.69) is 252 Å². The molecule has 0 radical (unpaired) electrons. The van der Waals surface area contributed by atoms with Gasteiger partial charge in [-0.05, 0) is 105 Å². The quantitative estimate of drug-likeness (QED) is 0.148. The van der Waals surface area contributed by atoms with Crippen molar-refractivity contribution in [1.29, 1.82) is 0 Å². The van der Waals surface area contributed by atoms with Gasteiger partial charge in [-0.25, -0.2) is 0 Å². The highest BCUT2D eigenvalue weighted by atomic mass is 32.1. The Morgan fingerprint density at radius 2 is 0.746 bits per heavy atom. The molecule has 12 aromatic rings. The topological polar surface area (TPSA) is 8.17 Å². The maximum Gasteiger partial charge on any atom is 0.0640 e. The molecule has 0 saturated carbocycles. The first-order valence-electron chi connectivity index (χ1n) is 21.5. The average molecular weight is 821 g/mol. The molecule has 2 heterocycles. The molecule has 3 heteroatoms. The van der Waals surface area contributed by atoms with Gasteiger partial charge in [-0.3, -0.25) is 0 Å². The molecule has 296 valence electrons. The fraction of sp³-hybridized carbons (Fsp3) is 0. The largest absolute Gasteiger partial charge is 0.310 e. The van der Waals surface area contributed by atoms with E-state index in [-0.39, 0.29) is 0 Å². The van der Waals surface area contributed by atoms with Crippen molar-refractivity contribution in [3.8, 4) is 50.2 Å². The van der Waals surface area contributed by atoms with E-state index in [1.807, 2.05) is 11.3 Å². The van der Waals surface area contributed by atoms with Crippen LogP contribution in [-0.4, -0.2) is 4.57 Å². The van der Waals surface area contributed by atoms with Crippen molar-refractivity contribution in [3.63, 3.8) is 0 Å². The van der Waals surface area contributed by atoms with E-state index in [4.69, 9.17) is 0 Å². The third-order valence-corrected chi connectivity index (χ3v) is 13.6. The van der Waals surface area contributed by atoms with Crippen LogP contribution in [0.1, 0.15) is 0 Å². The predicted octanol–water partition coefficient (Wildman–Crippen LogP) is 17.3. The van der Waals surface area contributed by atoms with Crippen LogP contribution in [0.2, 0.25) is 0 Å². The lowest BCUT2D eigenvalue weighted by atomic mass is 10.0. The minimum atomic E-state index is 1.11. The number of hydrogen-bond acceptors (Lipinski definition) is 2. The number of anilines is 3. The van der Waals surface area contributed by atoms with Crippen molar-refractivity contribution in [3.05, 3.63) is 243 Å². The first kappa shape index (κ1) is 36.8. The van der Waals surface area contributed by atoms with Crippen molar-refractivity contribution in [2.75, 3.05) is 4.90 Å². The van der Waals surface area contributed by atoms with Gasteiger partial charge in [0.1, 0.15) is 0 Å². The van der Waals surface area contributed by atoms with Crippen molar-refractivity contribution in [2.45, 2.75) is 0 Å². The van der Waals surface area contributed by atoms with Gasteiger partial charge in [0.25, 0.3) is 0 Å². The fourth-order valence-corrected chi connectivity index (χ4v) is 10.5. The zero-order valence-electron chi connectivity index (χ0n) is 34.4. The zero-order chi connectivity index (χ0) is 41.7. The van der Waals surface area contributed by atoms with Crippen LogP contribution in [-0.2, 0) is 0 Å². The number of fused-ring (bicyclic) bond motifs is 6. The molecule has 2 aromatic heterocycles. The normalized spacial score (nSPS) is 11.5. The number of thiophene rings is 1. The highest BCUT2D eigenvalue weighted by Gasteiger charge is 2.20. The van der Waals surface area contributed by atoms with Gasteiger partial charge in [0, 0.05) is 43.3 Å². The molecule has 0 spiro atoms. The molecule has 0 aliphatic rings. The smallest absolute Gasteiger partial charge is 0.0640 e. The van der Waals surface area contributed by atoms with Gasteiger partial charge in [-0.15, -0.1) is 11.3 Å². The molecular weight excluding hydrogens is 781 g/mol. The SMILES string of the molecule is c1ccc(-c2ccc(N(c3ccc(-c4ccccc4)cc3)c3ccc4c(c3)sc3c(-n5c6ccc(-c7ccccc7)cc6c6ccc(-c7ccccc7)cc65)cccc34)cc2)cc1. The Morgan fingerprint density at radius 1 is 0.286 bits per heavy atom. The molecular formula is C60H40N2S. The summed E-state index contributed by atoms with van der Waals surface area (Å²) in [4.78, 5) is 2.39. The van der Waals surface area contributed by atoms with Crippen molar-refractivity contribution >= 4 is 70.4 Å². The molecule has 2 nitrogen and oxygen atoms in total. The molecule has 0 atom stereocenters. The molecule has 0 unspecified atom stereocenters. The second-order valence-electron chi connectivity index (χ2n) is 16.1. The van der Waals surface area contributed by atoms with Crippen molar-refractivity contribution in [2.24, 2.45) is 0 Å². The Kier molecular flexibility index (Phi) is 9.06. The van der Waals surface area contributed by atoms with Gasteiger partial charge in [0.2, 0.25) is 0 Å². The van der Waals surface area contributed by atoms with Gasteiger partial charge >= 0.3 is 0 Å². The highest BCUT2D eigenvalue weighted by Crippen LogP contribution is 2.45. The Labute approximate surface area is 370 Å². The lowest BCUT2D eigenvalue weighted by Crippen LogP contribution is -2.09. The van der Waals surface area contributed by atoms with Gasteiger partial charge in [0.05, 0.1) is 21.4 Å². The van der Waals surface area contributed by atoms with E-state index in [0.29, 0.717) is 0 Å². The summed E-state index contributed by atoms with van der Waals surface area (Å²) in [6.07, 6.45) is 0. The number of nitrogens with zero attached hydrogens (tertiary/aromatic N) is 2. The first-order chi connectivity index (χ1) is 31.2. The molecule has 10 aromatic carbocycles. The summed E-state index contributed by atoms with van der Waals surface area (Å²) in [5.41, 5.74) is 16.6. The third-order valence-electron chi connectivity index (χ3n) is 12.4. The lowest BCUT2D eigenvalue weighted by molar-refractivity contribution is 1.20. The summed E-state index contributed by atoms with van der Waals surface area (Å²) in [5, 5.41) is 5.02. The van der Waals surface area contributed by atoms with Crippen LogP contribution < -0.4 is 4.90 Å². The molecule has 0 amide bonds. The maximum atomic E-state index is 2.50. The minimum Gasteiger partial charge on any atom is -0.310 e. The van der Waals surface area contributed by atoms with Crippen LogP contribution >= 0.6 is 11.3 Å². The standard InChI is InChI=1S/C60H40N2S/c1-5-14-41(15-6-1)45-24-30-49(31-25-45)61(50-32-26-46(27-33-50)42-16-7-2-8-17-42)51-34-36-53-54-22-13-23-57(60(54)63-59(53)40-51)62-56-37-29-47(43-18-9-3-10-19-43)38-55(56)52-35-28-48(39-58(52)62)44-20-11-4-12-21-44/h1-40H. The van der Waals surface area contributed by atoms with Gasteiger partial charge in [-0.2, -0.15) is 0 Å². The number of benzene rings is 10. The van der Waals surface area contributed by atoms with Crippen molar-refractivity contribution in [1.82, 2.24) is 4.57 Å². The molecule has 63 heavy (non-hydrogen) atoms. The highest BCUT2D eigenvalue weighted by molar-refractivity contribution is 7.26. The molecule has 12 rings (SSSR count). The van der Waals surface area contributed by atoms with E-state index >= 15 is 0 Å². The molecule has 0 N–H and O–H groups in total. The van der Waals surface area contributed by atoms with Crippen LogP contribution in [0.4, 0.5) is 17.1 Å². The van der Waals surface area contributed by atoms with E-state index in [9.17, 15) is 0 Å². The Morgan fingerprint density at radius 3 is 1.32 bits per heavy atom. The molecule has 0 saturated heterocycles. The van der Waals surface area contributed by atoms with Crippen LogP contribution in [0, 0.1) is 0 Å². The summed E-state index contributed by atoms with van der Waals surface area (Å²) in [6, 6.07) is 88.3. The zero-order valence-corrected chi connectivity index (χ0v) is 35.2. The number of rotatable bonds is 8. The minimum absolute atomic E-state index is 1.11. The van der Waals surface area contributed by atoms with E-state index in [0.717, 1.165) is 17.1 Å². The van der Waals surface area contributed by atoms with Crippen LogP contribution in [0.15, 0.2) is 243 Å². The van der Waals surface area contributed by atoms with Gasteiger partial charge in [-0.1, -0.05) is 182 Å². The second kappa shape index (κ2) is 15.5. The predicted molar refractivity (Wildman–Crippen MR) is 270 cm³/mol. The molecule has 0 aliphatic carbocycles. The second-order valence-corrected chi connectivity index (χ2v) is 17.2. The van der Waals surface area contributed by atoms with E-state index in [1.54, 1.807) is 0 Å². The summed E-state index contributed by atoms with van der Waals surface area (Å²) < 4.78 is 5.02. The van der Waals surface area contributed by atoms with Gasteiger partial charge < -0.3 is 9.47 Å². The molecule has 0 bridgehead atoms. The summed E-state index contributed by atoms with van der Waals surface area (Å²) >= 11 is 1.88. The summed E-state index contributed by atoms with van der Waals surface area (Å²) in [5.74, 6) is 0. The molecule has 0 aliphatic heterocycles. The summed E-state index contributed by atoms with van der Waals surface area (Å²) in [6.45, 7) is 0. The van der Waals surface area contributed by atoms with Crippen LogP contribution in [0.3, 0.4) is 0 Å². The van der Waals surface area contributed by atoms with Crippen molar-refractivity contribution < 1.29 is 0 Å². The monoisotopic (exact) mass is 820 g/mol. The lowest BCUT2D eigenvalue weighted by Gasteiger charge is -2.26. The fourth-order valence-electron chi connectivity index (χ4n) is 9.30. The maximum absolute atomic E-state index is 2.50. The van der Waals surface area contributed by atoms with Crippen LogP contribution in [0.5, 0.6) is 0 Å². The Balaban J connectivity index is 1.02. The average Bonchev–Trinajstić information content (AvgIpc) is 3.90. The number of aromatic nitrogens is 1. The number of hydrogen-bond donors (Lipinski definition) is 0.